The molecule has 0 fully saturated rings. The number of phosphoric acid groups is 2. The van der Waals surface area contributed by atoms with Gasteiger partial charge in [0.05, 0.1) is 26.4 Å². The Morgan fingerprint density at radius 2 is 0.500 bits per heavy atom. The molecule has 0 saturated carbocycles. The lowest BCUT2D eigenvalue weighted by atomic mass is 10.0. The summed E-state index contributed by atoms with van der Waals surface area (Å²) in [7, 11) is -9.90. The fraction of sp³-hybridized carbons (Fsp3) is 0.945. The van der Waals surface area contributed by atoms with Crippen LogP contribution < -0.4 is 0 Å². The number of carbonyl (C=O) groups excluding carboxylic acids is 4. The number of hydrogen-bond acceptors (Lipinski definition) is 15. The fourth-order valence-electron chi connectivity index (χ4n) is 11.1. The average molecular weight is 1350 g/mol. The molecule has 0 rings (SSSR count). The zero-order valence-electron chi connectivity index (χ0n) is 59.9. The second-order valence-corrected chi connectivity index (χ2v) is 30.2. The molecule has 0 radical (unpaired) electrons. The minimum atomic E-state index is -4.95. The Kier molecular flexibility index (Phi) is 63.7. The van der Waals surface area contributed by atoms with Crippen LogP contribution in [0.3, 0.4) is 0 Å². The van der Waals surface area contributed by atoms with Crippen LogP contribution in [-0.4, -0.2) is 96.7 Å². The van der Waals surface area contributed by atoms with Crippen molar-refractivity contribution < 1.29 is 80.2 Å². The van der Waals surface area contributed by atoms with E-state index < -0.39 is 97.5 Å². The molecule has 0 aliphatic carbocycles. The Balaban J connectivity index is 5.19. The highest BCUT2D eigenvalue weighted by atomic mass is 31.2. The van der Waals surface area contributed by atoms with E-state index in [1.54, 1.807) is 0 Å². The number of hydrogen-bond donors (Lipinski definition) is 3. The minimum Gasteiger partial charge on any atom is -0.462 e. The number of aliphatic hydroxyl groups is 1. The molecular weight excluding hydrogens is 1210 g/mol. The number of phosphoric ester groups is 2. The quantitative estimate of drug-likeness (QED) is 0.0222. The Hall–Kier alpha value is -1.94. The number of carbonyl (C=O) groups is 4. The highest BCUT2D eigenvalue weighted by Gasteiger charge is 2.30. The van der Waals surface area contributed by atoms with Crippen LogP contribution in [0, 0.1) is 11.8 Å². The second kappa shape index (κ2) is 65.0. The summed E-state index contributed by atoms with van der Waals surface area (Å²) < 4.78 is 68.3. The summed E-state index contributed by atoms with van der Waals surface area (Å²) in [6.07, 6.45) is 51.6. The average Bonchev–Trinajstić information content (AvgIpc) is 1.71. The van der Waals surface area contributed by atoms with Crippen LogP contribution in [0.1, 0.15) is 375 Å². The molecule has 546 valence electrons. The van der Waals surface area contributed by atoms with Crippen LogP contribution in [0.5, 0.6) is 0 Å². The molecule has 0 aliphatic rings. The zero-order chi connectivity index (χ0) is 67.9. The van der Waals surface area contributed by atoms with E-state index in [1.165, 1.54) is 186 Å². The van der Waals surface area contributed by atoms with Crippen LogP contribution in [0.25, 0.3) is 0 Å². The van der Waals surface area contributed by atoms with Gasteiger partial charge in [0.15, 0.2) is 12.2 Å². The van der Waals surface area contributed by atoms with Crippen molar-refractivity contribution in [1.29, 1.82) is 0 Å². The molecule has 0 aromatic rings. The summed E-state index contributed by atoms with van der Waals surface area (Å²) in [5, 5.41) is 10.6. The van der Waals surface area contributed by atoms with Crippen molar-refractivity contribution in [3.63, 3.8) is 0 Å². The van der Waals surface area contributed by atoms with E-state index in [0.717, 1.165) is 102 Å². The third kappa shape index (κ3) is 66.7. The van der Waals surface area contributed by atoms with Crippen LogP contribution in [0.4, 0.5) is 0 Å². The van der Waals surface area contributed by atoms with Crippen LogP contribution >= 0.6 is 15.6 Å². The first kappa shape index (κ1) is 90.1. The van der Waals surface area contributed by atoms with Gasteiger partial charge in [-0.2, -0.15) is 0 Å². The monoisotopic (exact) mass is 1350 g/mol. The van der Waals surface area contributed by atoms with Crippen LogP contribution in [0.15, 0.2) is 0 Å². The van der Waals surface area contributed by atoms with Gasteiger partial charge in [-0.3, -0.25) is 37.3 Å². The smallest absolute Gasteiger partial charge is 0.462 e. The first-order valence-corrected chi connectivity index (χ1v) is 41.0. The predicted molar refractivity (Wildman–Crippen MR) is 372 cm³/mol. The molecule has 3 N–H and O–H groups in total. The predicted octanol–water partition coefficient (Wildman–Crippen LogP) is 21.2. The SMILES string of the molecule is CCCCCCCCCCCCCCCCCCCCCCC(=O)O[C@H](COC(=O)CCCCCCCCCCCCC(C)C)COP(=O)(O)OC[C@@H](O)COP(=O)(O)OC[C@@H](COC(=O)CCCCCCCCC(C)C)OC(=O)CCCCCCCCCCCC. The Morgan fingerprint density at radius 3 is 0.739 bits per heavy atom. The van der Waals surface area contributed by atoms with Crippen LogP contribution in [-0.2, 0) is 65.4 Å². The van der Waals surface area contributed by atoms with Crippen molar-refractivity contribution in [2.45, 2.75) is 394 Å². The summed E-state index contributed by atoms with van der Waals surface area (Å²) in [6.45, 7) is 9.47. The van der Waals surface area contributed by atoms with Gasteiger partial charge in [0.25, 0.3) is 0 Å². The summed E-state index contributed by atoms with van der Waals surface area (Å²) in [5.74, 6) is -0.685. The minimum absolute atomic E-state index is 0.105. The number of aliphatic hydroxyl groups excluding tert-OH is 1. The van der Waals surface area contributed by atoms with Gasteiger partial charge >= 0.3 is 39.5 Å². The molecule has 0 bridgehead atoms. The van der Waals surface area contributed by atoms with E-state index in [4.69, 9.17) is 37.0 Å². The lowest BCUT2D eigenvalue weighted by Gasteiger charge is -2.21. The van der Waals surface area contributed by atoms with E-state index in [0.29, 0.717) is 31.6 Å². The molecule has 0 spiro atoms. The van der Waals surface area contributed by atoms with Gasteiger partial charge in [0.1, 0.15) is 19.3 Å². The molecule has 0 aromatic heterocycles. The summed E-state index contributed by atoms with van der Waals surface area (Å²) in [5.41, 5.74) is 0. The van der Waals surface area contributed by atoms with E-state index in [1.807, 2.05) is 0 Å². The van der Waals surface area contributed by atoms with Crippen molar-refractivity contribution in [3.8, 4) is 0 Å². The van der Waals surface area contributed by atoms with Gasteiger partial charge < -0.3 is 33.8 Å². The van der Waals surface area contributed by atoms with E-state index >= 15 is 0 Å². The number of unbranched alkanes of at least 4 members (excludes halogenated alkanes) is 42. The van der Waals surface area contributed by atoms with E-state index in [-0.39, 0.29) is 25.7 Å². The molecule has 19 heteroatoms. The van der Waals surface area contributed by atoms with Crippen molar-refractivity contribution >= 4 is 39.5 Å². The van der Waals surface area contributed by atoms with Gasteiger partial charge in [-0.15, -0.1) is 0 Å². The van der Waals surface area contributed by atoms with E-state index in [9.17, 15) is 43.2 Å². The first-order chi connectivity index (χ1) is 44.4. The van der Waals surface area contributed by atoms with Crippen molar-refractivity contribution in [2.75, 3.05) is 39.6 Å². The van der Waals surface area contributed by atoms with Crippen molar-refractivity contribution in [3.05, 3.63) is 0 Å². The molecule has 0 aliphatic heterocycles. The zero-order valence-corrected chi connectivity index (χ0v) is 61.6. The Labute approximate surface area is 562 Å². The standard InChI is InChI=1S/C73H142O17P2/c1-7-9-11-13-15-17-19-20-21-22-23-24-25-26-27-28-34-38-46-52-58-73(78)89-68(61-83-70(75)55-49-43-36-33-30-29-31-35-41-47-53-65(3)4)63-87-91(79,80)85-59-67(74)60-86-92(81,82)88-64-69(62-84-71(76)56-50-44-40-39-42-48-54-66(5)6)90-72(77)57-51-45-37-32-18-16-14-12-10-8-2/h65-69,74H,7-64H2,1-6H3,(H,79,80)(H,81,82)/t67-,68-,69-/m1/s1. The number of esters is 4. The topological polar surface area (TPSA) is 237 Å². The maximum Gasteiger partial charge on any atom is 0.472 e. The fourth-order valence-corrected chi connectivity index (χ4v) is 12.7. The highest BCUT2D eigenvalue weighted by molar-refractivity contribution is 7.47. The Bertz CT molecular complexity index is 1790. The van der Waals surface area contributed by atoms with E-state index in [2.05, 4.69) is 41.5 Å². The normalized spacial score (nSPS) is 14.1. The number of ether oxygens (including phenoxy) is 4. The molecule has 0 saturated heterocycles. The summed E-state index contributed by atoms with van der Waals surface area (Å²) in [4.78, 5) is 72.6. The van der Waals surface area contributed by atoms with Crippen molar-refractivity contribution in [2.24, 2.45) is 11.8 Å². The molecule has 5 atom stereocenters. The molecule has 2 unspecified atom stereocenters. The molecule has 0 aromatic carbocycles. The maximum atomic E-state index is 13.1. The molecule has 0 heterocycles. The van der Waals surface area contributed by atoms with Crippen molar-refractivity contribution in [1.82, 2.24) is 0 Å². The van der Waals surface area contributed by atoms with Gasteiger partial charge in [0, 0.05) is 25.7 Å². The largest absolute Gasteiger partial charge is 0.472 e. The van der Waals surface area contributed by atoms with Gasteiger partial charge in [0.2, 0.25) is 0 Å². The summed E-state index contributed by atoms with van der Waals surface area (Å²) in [6, 6.07) is 0. The van der Waals surface area contributed by atoms with Gasteiger partial charge in [-0.1, -0.05) is 324 Å². The molecule has 92 heavy (non-hydrogen) atoms. The first-order valence-electron chi connectivity index (χ1n) is 38.0. The second-order valence-electron chi connectivity index (χ2n) is 27.3. The number of rotatable bonds is 72. The molecule has 17 nitrogen and oxygen atoms in total. The Morgan fingerprint density at radius 1 is 0.293 bits per heavy atom. The maximum absolute atomic E-state index is 13.1. The third-order valence-electron chi connectivity index (χ3n) is 17.0. The summed E-state index contributed by atoms with van der Waals surface area (Å²) >= 11 is 0. The van der Waals surface area contributed by atoms with Gasteiger partial charge in [-0.05, 0) is 37.5 Å². The lowest BCUT2D eigenvalue weighted by molar-refractivity contribution is -0.161. The highest BCUT2D eigenvalue weighted by Crippen LogP contribution is 2.45. The molecule has 0 amide bonds. The lowest BCUT2D eigenvalue weighted by Crippen LogP contribution is -2.30. The van der Waals surface area contributed by atoms with Gasteiger partial charge in [-0.25, -0.2) is 9.13 Å². The third-order valence-corrected chi connectivity index (χ3v) is 18.9. The van der Waals surface area contributed by atoms with Crippen LogP contribution in [0.2, 0.25) is 0 Å². The molecular formula is C73H142O17P2.